The molecule has 6 N–H and O–H groups in total. The van der Waals surface area contributed by atoms with E-state index < -0.39 is 55.6 Å². The van der Waals surface area contributed by atoms with Gasteiger partial charge in [-0.25, -0.2) is 18.7 Å². The summed E-state index contributed by atoms with van der Waals surface area (Å²) in [5, 5.41) is 28.1. The maximum Gasteiger partial charge on any atom is 0.547 e. The van der Waals surface area contributed by atoms with Crippen LogP contribution in [0.15, 0.2) is 60.9 Å². The second kappa shape index (κ2) is 10.7. The van der Waals surface area contributed by atoms with Crippen molar-refractivity contribution in [2.45, 2.75) is 18.4 Å². The Bertz CT molecular complexity index is 1750. The average Bonchev–Trinajstić information content (AvgIpc) is 3.35. The molecule has 41 heavy (non-hydrogen) atoms. The Labute approximate surface area is 230 Å². The normalized spacial score (nSPS) is 15.5. The molecule has 2 atom stereocenters. The van der Waals surface area contributed by atoms with Crippen LogP contribution in [0.4, 0.5) is 4.39 Å². The van der Waals surface area contributed by atoms with Gasteiger partial charge in [0.25, 0.3) is 5.91 Å². The third-order valence-corrected chi connectivity index (χ3v) is 7.33. The second-order valence-electron chi connectivity index (χ2n) is 9.03. The summed E-state index contributed by atoms with van der Waals surface area (Å²) in [4.78, 5) is 61.1. The van der Waals surface area contributed by atoms with Crippen molar-refractivity contribution in [3.05, 3.63) is 89.1 Å². The van der Waals surface area contributed by atoms with Crippen molar-refractivity contribution in [1.82, 2.24) is 25.2 Å². The summed E-state index contributed by atoms with van der Waals surface area (Å²) in [5.41, 5.74) is 0.292. The predicted molar refractivity (Wildman–Crippen MR) is 139 cm³/mol. The van der Waals surface area contributed by atoms with Crippen LogP contribution >= 0.6 is 7.60 Å². The summed E-state index contributed by atoms with van der Waals surface area (Å²) in [5.74, 6) is -5.53. The van der Waals surface area contributed by atoms with E-state index in [-0.39, 0.29) is 29.0 Å². The Morgan fingerprint density at radius 3 is 2.66 bits per heavy atom. The predicted octanol–water partition coefficient (Wildman–Crippen LogP) is -0.0197. The maximum absolute atomic E-state index is 14.7. The number of amides is 2. The van der Waals surface area contributed by atoms with E-state index in [4.69, 9.17) is 4.65 Å². The summed E-state index contributed by atoms with van der Waals surface area (Å²) in [6, 6.07) is 8.45. The third-order valence-electron chi connectivity index (χ3n) is 6.34. The van der Waals surface area contributed by atoms with Crippen LogP contribution in [0.5, 0.6) is 5.75 Å². The lowest BCUT2D eigenvalue weighted by atomic mass is 9.72. The molecule has 0 unspecified atom stereocenters. The summed E-state index contributed by atoms with van der Waals surface area (Å²) in [7, 11) is -6.66. The van der Waals surface area contributed by atoms with Crippen LogP contribution < -0.4 is 20.6 Å². The first-order valence-electron chi connectivity index (χ1n) is 11.9. The number of aromatic nitrogens is 3. The van der Waals surface area contributed by atoms with Gasteiger partial charge in [-0.2, -0.15) is 5.10 Å². The summed E-state index contributed by atoms with van der Waals surface area (Å²) in [6.07, 6.45) is 2.57. The van der Waals surface area contributed by atoms with Gasteiger partial charge in [0, 0.05) is 6.20 Å². The Hall–Kier alpha value is -4.63. The fourth-order valence-corrected chi connectivity index (χ4v) is 5.02. The van der Waals surface area contributed by atoms with Gasteiger partial charge in [0.1, 0.15) is 23.3 Å². The van der Waals surface area contributed by atoms with Crippen molar-refractivity contribution in [3.63, 3.8) is 0 Å². The van der Waals surface area contributed by atoms with Crippen LogP contribution in [-0.4, -0.2) is 65.4 Å². The Kier molecular flexibility index (Phi) is 7.32. The number of para-hydroxylation sites is 1. The Morgan fingerprint density at radius 1 is 1.17 bits per heavy atom. The molecule has 0 radical (unpaired) electrons. The Morgan fingerprint density at radius 2 is 1.95 bits per heavy atom. The van der Waals surface area contributed by atoms with Crippen molar-refractivity contribution >= 4 is 43.4 Å². The minimum Gasteiger partial charge on any atom is -0.534 e. The molecule has 2 aromatic heterocycles. The summed E-state index contributed by atoms with van der Waals surface area (Å²) >= 11 is 0. The summed E-state index contributed by atoms with van der Waals surface area (Å²) in [6.45, 7) is 0. The van der Waals surface area contributed by atoms with Crippen molar-refractivity contribution in [1.29, 1.82) is 0 Å². The highest BCUT2D eigenvalue weighted by atomic mass is 31.2. The van der Waals surface area contributed by atoms with Gasteiger partial charge in [0.05, 0.1) is 23.0 Å². The molecular formula is C24H20BFN5O9P. The molecule has 0 aliphatic carbocycles. The van der Waals surface area contributed by atoms with Gasteiger partial charge >= 0.3 is 20.7 Å². The van der Waals surface area contributed by atoms with Crippen LogP contribution in [0.2, 0.25) is 0 Å². The molecule has 0 saturated carbocycles. The highest BCUT2D eigenvalue weighted by Gasteiger charge is 2.39. The third kappa shape index (κ3) is 5.53. The highest BCUT2D eigenvalue weighted by Crippen LogP contribution is 2.35. The number of rotatable bonds is 7. The van der Waals surface area contributed by atoms with Crippen molar-refractivity contribution < 1.29 is 47.9 Å². The molecule has 2 amide bonds. The zero-order valence-corrected chi connectivity index (χ0v) is 21.6. The smallest absolute Gasteiger partial charge is 0.534 e. The van der Waals surface area contributed by atoms with Gasteiger partial charge in [0.15, 0.2) is 5.65 Å². The number of halogens is 1. The van der Waals surface area contributed by atoms with Crippen LogP contribution in [0.1, 0.15) is 38.0 Å². The number of benzene rings is 2. The molecule has 0 bridgehead atoms. The van der Waals surface area contributed by atoms with E-state index in [9.17, 15) is 43.3 Å². The molecule has 0 spiro atoms. The number of carboxylic acids is 1. The standard InChI is InChI=1S/C24H20BFN5O9P/c26-15-9-12(6-7-17(15)41(37,38)39)20(30-22(32)16-11-27-19-5-2-8-28-31(16)19)23(33)29-18-10-13-3-1-4-14(24(34)35)21(13)40-25(18)36/h1-9,11,18,20,36H,10H2,(H,29,33)(H,30,32)(H,34,35)(H2,37,38,39)/t18-,20+/m0/s1. The molecule has 4 aromatic rings. The van der Waals surface area contributed by atoms with Gasteiger partial charge in [-0.3, -0.25) is 14.2 Å². The average molecular weight is 583 g/mol. The number of hydrogen-bond donors (Lipinski definition) is 6. The van der Waals surface area contributed by atoms with Crippen LogP contribution in [0, 0.1) is 5.82 Å². The summed E-state index contributed by atoms with van der Waals surface area (Å²) < 4.78 is 32.9. The van der Waals surface area contributed by atoms with Gasteiger partial charge in [-0.05, 0) is 47.9 Å². The van der Waals surface area contributed by atoms with Gasteiger partial charge in [-0.1, -0.05) is 18.2 Å². The number of nitrogens with one attached hydrogen (secondary N) is 2. The molecule has 5 rings (SSSR count). The monoisotopic (exact) mass is 583 g/mol. The Balaban J connectivity index is 1.46. The molecule has 1 aliphatic rings. The molecule has 17 heteroatoms. The van der Waals surface area contributed by atoms with E-state index in [0.29, 0.717) is 17.3 Å². The lowest BCUT2D eigenvalue weighted by Gasteiger charge is -2.30. The van der Waals surface area contributed by atoms with E-state index in [2.05, 4.69) is 20.7 Å². The number of hydrogen-bond acceptors (Lipinski definition) is 8. The number of carbonyl (C=O) groups is 3. The van der Waals surface area contributed by atoms with Crippen molar-refractivity contribution in [2.75, 3.05) is 0 Å². The van der Waals surface area contributed by atoms with Gasteiger partial charge < -0.3 is 35.2 Å². The van der Waals surface area contributed by atoms with Crippen LogP contribution in [-0.2, 0) is 15.8 Å². The van der Waals surface area contributed by atoms with Crippen LogP contribution in [0.25, 0.3) is 5.65 Å². The number of imidazole rings is 1. The number of fused-ring (bicyclic) bond motifs is 2. The molecule has 14 nitrogen and oxygen atoms in total. The quantitative estimate of drug-likeness (QED) is 0.126. The number of carbonyl (C=O) groups excluding carboxylic acids is 2. The largest absolute Gasteiger partial charge is 0.547 e. The lowest BCUT2D eigenvalue weighted by Crippen LogP contribution is -2.55. The zero-order valence-electron chi connectivity index (χ0n) is 20.7. The molecule has 0 fully saturated rings. The minimum absolute atomic E-state index is 0.0489. The fourth-order valence-electron chi connectivity index (χ4n) is 4.41. The number of carboxylic acid groups (broad SMARTS) is 1. The SMILES string of the molecule is O=C(O)c1cccc2c1OB(O)[C@@H](NC(=O)[C@H](NC(=O)c1cnc3cccnn13)c1ccc(P(=O)(O)O)c(F)c1)C2. The van der Waals surface area contributed by atoms with Crippen LogP contribution in [0.3, 0.4) is 0 Å². The minimum atomic E-state index is -4.98. The first-order chi connectivity index (χ1) is 19.4. The van der Waals surface area contributed by atoms with E-state index in [0.717, 1.165) is 12.1 Å². The topological polar surface area (TPSA) is 213 Å². The molecule has 210 valence electrons. The van der Waals surface area contributed by atoms with E-state index in [1.807, 2.05) is 0 Å². The zero-order chi connectivity index (χ0) is 29.5. The van der Waals surface area contributed by atoms with Crippen molar-refractivity contribution in [3.8, 4) is 5.75 Å². The first kappa shape index (κ1) is 27.9. The van der Waals surface area contributed by atoms with Gasteiger partial charge in [0.2, 0.25) is 5.91 Å². The number of nitrogens with zero attached hydrogens (tertiary/aromatic N) is 3. The van der Waals surface area contributed by atoms with E-state index in [1.165, 1.54) is 29.0 Å². The molecular weight excluding hydrogens is 563 g/mol. The fraction of sp³-hybridized carbons (Fsp3) is 0.125. The lowest BCUT2D eigenvalue weighted by molar-refractivity contribution is -0.123. The molecule has 0 saturated heterocycles. The van der Waals surface area contributed by atoms with Crippen molar-refractivity contribution in [2.24, 2.45) is 0 Å². The highest BCUT2D eigenvalue weighted by molar-refractivity contribution is 7.60. The molecule has 2 aromatic carbocycles. The maximum atomic E-state index is 14.7. The second-order valence-corrected chi connectivity index (χ2v) is 10.6. The van der Waals surface area contributed by atoms with E-state index >= 15 is 0 Å². The first-order valence-corrected chi connectivity index (χ1v) is 13.5. The molecule has 1 aliphatic heterocycles. The van der Waals surface area contributed by atoms with Gasteiger partial charge in [-0.15, -0.1) is 0 Å². The van der Waals surface area contributed by atoms with E-state index in [1.54, 1.807) is 18.2 Å². The molecule has 3 heterocycles. The number of aromatic carboxylic acids is 1.